The molecule has 2 aromatic rings. The number of carbonyl (C=O) groups excluding carboxylic acids is 1. The van der Waals surface area contributed by atoms with Gasteiger partial charge in [0.2, 0.25) is 0 Å². The van der Waals surface area contributed by atoms with Gasteiger partial charge in [0.1, 0.15) is 11.9 Å². The van der Waals surface area contributed by atoms with Gasteiger partial charge in [-0.3, -0.25) is 9.69 Å². The molecular formula is C19H17ClFN3O. The quantitative estimate of drug-likeness (QED) is 0.844. The van der Waals surface area contributed by atoms with Crippen molar-refractivity contribution in [1.29, 1.82) is 5.26 Å². The number of nitrogens with zero attached hydrogens (tertiary/aromatic N) is 3. The van der Waals surface area contributed by atoms with Crippen LogP contribution in [0.1, 0.15) is 22.0 Å². The average Bonchev–Trinajstić information content (AvgIpc) is 2.64. The van der Waals surface area contributed by atoms with Crippen molar-refractivity contribution in [2.45, 2.75) is 6.04 Å². The van der Waals surface area contributed by atoms with Gasteiger partial charge in [-0.1, -0.05) is 35.9 Å². The Morgan fingerprint density at radius 3 is 2.32 bits per heavy atom. The number of carbonyl (C=O) groups is 1. The molecule has 6 heteroatoms. The Kier molecular flexibility index (Phi) is 5.32. The van der Waals surface area contributed by atoms with Gasteiger partial charge in [0.05, 0.1) is 16.7 Å². The van der Waals surface area contributed by atoms with E-state index in [0.29, 0.717) is 36.8 Å². The summed E-state index contributed by atoms with van der Waals surface area (Å²) in [5.41, 5.74) is 1.25. The Morgan fingerprint density at radius 2 is 1.72 bits per heavy atom. The zero-order valence-corrected chi connectivity index (χ0v) is 14.3. The van der Waals surface area contributed by atoms with E-state index in [-0.39, 0.29) is 11.7 Å². The molecule has 0 aromatic heterocycles. The van der Waals surface area contributed by atoms with Gasteiger partial charge in [-0.15, -0.1) is 0 Å². The lowest BCUT2D eigenvalue weighted by atomic mass is 10.1. The molecule has 0 spiro atoms. The topological polar surface area (TPSA) is 47.3 Å². The molecule has 1 aliphatic rings. The van der Waals surface area contributed by atoms with E-state index in [1.165, 1.54) is 12.1 Å². The molecule has 4 nitrogen and oxygen atoms in total. The van der Waals surface area contributed by atoms with Crippen molar-refractivity contribution in [2.24, 2.45) is 0 Å². The van der Waals surface area contributed by atoms with Gasteiger partial charge in [0.25, 0.3) is 5.91 Å². The largest absolute Gasteiger partial charge is 0.336 e. The van der Waals surface area contributed by atoms with Gasteiger partial charge in [-0.05, 0) is 29.8 Å². The number of hydrogen-bond donors (Lipinski definition) is 0. The second-order valence-corrected chi connectivity index (χ2v) is 6.30. The third-order valence-electron chi connectivity index (χ3n) is 4.38. The number of hydrogen-bond acceptors (Lipinski definition) is 3. The van der Waals surface area contributed by atoms with Crippen molar-refractivity contribution in [3.63, 3.8) is 0 Å². The van der Waals surface area contributed by atoms with Gasteiger partial charge >= 0.3 is 0 Å². The molecule has 0 unspecified atom stereocenters. The molecule has 1 saturated heterocycles. The minimum atomic E-state index is -0.446. The second-order valence-electron chi connectivity index (χ2n) is 5.89. The van der Waals surface area contributed by atoms with Crippen LogP contribution in [-0.4, -0.2) is 41.9 Å². The maximum Gasteiger partial charge on any atom is 0.255 e. The van der Waals surface area contributed by atoms with Crippen molar-refractivity contribution in [3.05, 3.63) is 70.5 Å². The Morgan fingerprint density at radius 1 is 1.08 bits per heavy atom. The molecule has 0 saturated carbocycles. The highest BCUT2D eigenvalue weighted by Gasteiger charge is 2.28. The van der Waals surface area contributed by atoms with Crippen LogP contribution < -0.4 is 0 Å². The van der Waals surface area contributed by atoms with Crippen LogP contribution in [0.25, 0.3) is 0 Å². The first-order chi connectivity index (χ1) is 12.1. The van der Waals surface area contributed by atoms with Crippen LogP contribution >= 0.6 is 11.6 Å². The van der Waals surface area contributed by atoms with Gasteiger partial charge in [0, 0.05) is 26.2 Å². The first kappa shape index (κ1) is 17.4. The first-order valence-corrected chi connectivity index (χ1v) is 8.41. The maximum atomic E-state index is 13.1. The zero-order valence-electron chi connectivity index (χ0n) is 13.5. The molecule has 1 atom stereocenters. The van der Waals surface area contributed by atoms with E-state index in [4.69, 9.17) is 11.6 Å². The second kappa shape index (κ2) is 7.64. The number of halogens is 2. The Balaban J connectivity index is 1.67. The molecule has 2 aromatic carbocycles. The van der Waals surface area contributed by atoms with E-state index in [9.17, 15) is 14.4 Å². The SMILES string of the molecule is N#C[C@H](c1ccc(F)cc1)N1CCN(C(=O)c2ccccc2Cl)CC1. The number of rotatable bonds is 3. The molecule has 0 N–H and O–H groups in total. The van der Waals surface area contributed by atoms with E-state index < -0.39 is 6.04 Å². The highest BCUT2D eigenvalue weighted by molar-refractivity contribution is 6.33. The van der Waals surface area contributed by atoms with Crippen molar-refractivity contribution >= 4 is 17.5 Å². The summed E-state index contributed by atoms with van der Waals surface area (Å²) in [6.07, 6.45) is 0. The van der Waals surface area contributed by atoms with Crippen molar-refractivity contribution in [2.75, 3.05) is 26.2 Å². The van der Waals surface area contributed by atoms with E-state index in [2.05, 4.69) is 6.07 Å². The Bertz CT molecular complexity index is 795. The molecule has 1 fully saturated rings. The van der Waals surface area contributed by atoms with Crippen LogP contribution in [0.2, 0.25) is 5.02 Å². The van der Waals surface area contributed by atoms with Gasteiger partial charge in [-0.25, -0.2) is 4.39 Å². The molecule has 0 radical (unpaired) electrons. The highest BCUT2D eigenvalue weighted by Crippen LogP contribution is 2.23. The van der Waals surface area contributed by atoms with E-state index in [1.54, 1.807) is 41.3 Å². The lowest BCUT2D eigenvalue weighted by molar-refractivity contribution is 0.0606. The molecule has 1 amide bonds. The normalized spacial score (nSPS) is 16.3. The molecule has 3 rings (SSSR count). The monoisotopic (exact) mass is 357 g/mol. The number of amides is 1. The summed E-state index contributed by atoms with van der Waals surface area (Å²) >= 11 is 6.10. The minimum absolute atomic E-state index is 0.0967. The molecule has 0 aliphatic carbocycles. The Hall–Kier alpha value is -2.42. The van der Waals surface area contributed by atoms with Gasteiger partial charge in [0.15, 0.2) is 0 Å². The lowest BCUT2D eigenvalue weighted by Crippen LogP contribution is -2.49. The fourth-order valence-electron chi connectivity index (χ4n) is 3.00. The summed E-state index contributed by atoms with van der Waals surface area (Å²) in [6, 6.07) is 14.8. The number of nitriles is 1. The third-order valence-corrected chi connectivity index (χ3v) is 4.71. The van der Waals surface area contributed by atoms with Crippen LogP contribution in [0.5, 0.6) is 0 Å². The van der Waals surface area contributed by atoms with Gasteiger partial charge < -0.3 is 4.90 Å². The van der Waals surface area contributed by atoms with Crippen LogP contribution in [-0.2, 0) is 0 Å². The van der Waals surface area contributed by atoms with E-state index in [0.717, 1.165) is 5.56 Å². The molecular weight excluding hydrogens is 341 g/mol. The fourth-order valence-corrected chi connectivity index (χ4v) is 3.22. The molecule has 128 valence electrons. The summed E-state index contributed by atoms with van der Waals surface area (Å²) in [5.74, 6) is -0.420. The summed E-state index contributed by atoms with van der Waals surface area (Å²) in [7, 11) is 0. The maximum absolute atomic E-state index is 13.1. The van der Waals surface area contributed by atoms with Crippen molar-refractivity contribution < 1.29 is 9.18 Å². The van der Waals surface area contributed by atoms with E-state index >= 15 is 0 Å². The number of benzene rings is 2. The standard InChI is InChI=1S/C19H17ClFN3O/c20-17-4-2-1-3-16(17)19(25)24-11-9-23(10-12-24)18(13-22)14-5-7-15(21)8-6-14/h1-8,18H,9-12H2/t18-/m1/s1. The van der Waals surface area contributed by atoms with Crippen LogP contribution in [0.4, 0.5) is 4.39 Å². The average molecular weight is 358 g/mol. The fraction of sp³-hybridized carbons (Fsp3) is 0.263. The summed E-state index contributed by atoms with van der Waals surface area (Å²) in [6.45, 7) is 2.18. The molecule has 1 aliphatic heterocycles. The highest BCUT2D eigenvalue weighted by atomic mass is 35.5. The molecule has 1 heterocycles. The Labute approximate surface area is 151 Å². The predicted molar refractivity (Wildman–Crippen MR) is 93.7 cm³/mol. The third kappa shape index (κ3) is 3.81. The van der Waals surface area contributed by atoms with E-state index in [1.807, 2.05) is 4.90 Å². The number of piperazine rings is 1. The first-order valence-electron chi connectivity index (χ1n) is 8.03. The van der Waals surface area contributed by atoms with Crippen LogP contribution in [0, 0.1) is 17.1 Å². The molecule has 0 bridgehead atoms. The van der Waals surface area contributed by atoms with Crippen molar-refractivity contribution in [1.82, 2.24) is 9.80 Å². The predicted octanol–water partition coefficient (Wildman–Crippen LogP) is 3.50. The van der Waals surface area contributed by atoms with Gasteiger partial charge in [-0.2, -0.15) is 5.26 Å². The smallest absolute Gasteiger partial charge is 0.255 e. The lowest BCUT2D eigenvalue weighted by Gasteiger charge is -2.37. The minimum Gasteiger partial charge on any atom is -0.336 e. The van der Waals surface area contributed by atoms with Crippen LogP contribution in [0.3, 0.4) is 0 Å². The molecule has 25 heavy (non-hydrogen) atoms. The summed E-state index contributed by atoms with van der Waals surface area (Å²) in [4.78, 5) is 16.3. The van der Waals surface area contributed by atoms with Crippen LogP contribution in [0.15, 0.2) is 48.5 Å². The summed E-state index contributed by atoms with van der Waals surface area (Å²) in [5, 5.41) is 9.95. The summed E-state index contributed by atoms with van der Waals surface area (Å²) < 4.78 is 13.1. The van der Waals surface area contributed by atoms with Crippen molar-refractivity contribution in [3.8, 4) is 6.07 Å². The zero-order chi connectivity index (χ0) is 17.8.